The number of benzene rings is 1. The van der Waals surface area contributed by atoms with Gasteiger partial charge in [0.25, 0.3) is 0 Å². The first-order valence-corrected chi connectivity index (χ1v) is 2.91. The molecule has 0 radical (unpaired) electrons. The second-order valence-electron chi connectivity index (χ2n) is 1.84. The largest absolute Gasteiger partial charge is 0.497 e. The average molecular weight is 139 g/mol. The summed E-state index contributed by atoms with van der Waals surface area (Å²) in [5.41, 5.74) is 2.68. The lowest BCUT2D eigenvalue weighted by Gasteiger charge is -2.00. The number of methoxy groups -OCH3 is 1. The van der Waals surface area contributed by atoms with E-state index < -0.39 is 0 Å². The van der Waals surface area contributed by atoms with E-state index in [-0.39, 0.29) is 0 Å². The first-order chi connectivity index (χ1) is 4.86. The summed E-state index contributed by atoms with van der Waals surface area (Å²) in [5, 5.41) is 8.41. The molecule has 0 saturated carbocycles. The Hall–Kier alpha value is -1.22. The van der Waals surface area contributed by atoms with Crippen molar-refractivity contribution in [3.8, 4) is 5.75 Å². The predicted molar refractivity (Wildman–Crippen MR) is 38.4 cm³/mol. The SMILES string of the molecule is COc1ccc(NO)cc1. The van der Waals surface area contributed by atoms with Gasteiger partial charge in [0.15, 0.2) is 0 Å². The van der Waals surface area contributed by atoms with Gasteiger partial charge in [0, 0.05) is 0 Å². The van der Waals surface area contributed by atoms with Gasteiger partial charge in [0.2, 0.25) is 0 Å². The zero-order valence-corrected chi connectivity index (χ0v) is 5.66. The monoisotopic (exact) mass is 139 g/mol. The van der Waals surface area contributed by atoms with Gasteiger partial charge in [0.05, 0.1) is 12.8 Å². The van der Waals surface area contributed by atoms with E-state index >= 15 is 0 Å². The number of ether oxygens (including phenoxy) is 1. The van der Waals surface area contributed by atoms with Crippen molar-refractivity contribution in [1.29, 1.82) is 0 Å². The third kappa shape index (κ3) is 1.39. The molecule has 0 aliphatic carbocycles. The van der Waals surface area contributed by atoms with Crippen LogP contribution in [0.25, 0.3) is 0 Å². The molecule has 1 aromatic rings. The van der Waals surface area contributed by atoms with Crippen LogP contribution in [0.4, 0.5) is 5.69 Å². The summed E-state index contributed by atoms with van der Waals surface area (Å²) in [5.74, 6) is 0.777. The van der Waals surface area contributed by atoms with Gasteiger partial charge in [-0.3, -0.25) is 10.7 Å². The minimum Gasteiger partial charge on any atom is -0.497 e. The molecule has 0 saturated heterocycles. The van der Waals surface area contributed by atoms with Crippen LogP contribution in [0.3, 0.4) is 0 Å². The van der Waals surface area contributed by atoms with E-state index in [0.29, 0.717) is 5.69 Å². The number of anilines is 1. The smallest absolute Gasteiger partial charge is 0.119 e. The molecule has 0 aromatic heterocycles. The summed E-state index contributed by atoms with van der Waals surface area (Å²) in [6, 6.07) is 6.97. The van der Waals surface area contributed by atoms with Crippen molar-refractivity contribution in [2.24, 2.45) is 0 Å². The summed E-state index contributed by atoms with van der Waals surface area (Å²) < 4.78 is 4.90. The molecular formula is C7H9NO2. The Morgan fingerprint density at radius 3 is 2.30 bits per heavy atom. The molecule has 0 fully saturated rings. The predicted octanol–water partition coefficient (Wildman–Crippen LogP) is 1.50. The van der Waals surface area contributed by atoms with Gasteiger partial charge in [-0.05, 0) is 24.3 Å². The minimum atomic E-state index is 0.654. The summed E-state index contributed by atoms with van der Waals surface area (Å²) in [6.07, 6.45) is 0. The van der Waals surface area contributed by atoms with E-state index in [2.05, 4.69) is 0 Å². The van der Waals surface area contributed by atoms with E-state index in [9.17, 15) is 0 Å². The highest BCUT2D eigenvalue weighted by molar-refractivity contribution is 5.44. The zero-order valence-electron chi connectivity index (χ0n) is 5.66. The zero-order chi connectivity index (χ0) is 7.40. The normalized spacial score (nSPS) is 9.00. The van der Waals surface area contributed by atoms with Crippen molar-refractivity contribution in [2.45, 2.75) is 0 Å². The van der Waals surface area contributed by atoms with E-state index in [1.165, 1.54) is 0 Å². The third-order valence-corrected chi connectivity index (χ3v) is 1.22. The Balaban J connectivity index is 2.80. The van der Waals surface area contributed by atoms with Gasteiger partial charge in [-0.2, -0.15) is 0 Å². The standard InChI is InChI=1S/C7H9NO2/c1-10-7-4-2-6(8-9)3-5-7/h2-5,8-9H,1H3. The van der Waals surface area contributed by atoms with Crippen LogP contribution in [0.15, 0.2) is 24.3 Å². The Morgan fingerprint density at radius 2 is 1.90 bits per heavy atom. The molecule has 54 valence electrons. The Kier molecular flexibility index (Phi) is 2.12. The molecule has 0 aliphatic heterocycles. The van der Waals surface area contributed by atoms with Gasteiger partial charge in [-0.1, -0.05) is 0 Å². The molecule has 0 heterocycles. The third-order valence-electron chi connectivity index (χ3n) is 1.22. The van der Waals surface area contributed by atoms with Crippen molar-refractivity contribution in [3.05, 3.63) is 24.3 Å². The van der Waals surface area contributed by atoms with Crippen LogP contribution in [0.5, 0.6) is 5.75 Å². The maximum atomic E-state index is 8.41. The molecule has 0 unspecified atom stereocenters. The summed E-state index contributed by atoms with van der Waals surface area (Å²) in [7, 11) is 1.60. The lowest BCUT2D eigenvalue weighted by molar-refractivity contribution is 0.388. The first-order valence-electron chi connectivity index (χ1n) is 2.91. The molecule has 0 amide bonds. The van der Waals surface area contributed by atoms with Crippen molar-refractivity contribution in [1.82, 2.24) is 0 Å². The fourth-order valence-electron chi connectivity index (χ4n) is 0.666. The highest BCUT2D eigenvalue weighted by Gasteiger charge is 1.89. The number of hydrogen-bond acceptors (Lipinski definition) is 3. The second kappa shape index (κ2) is 3.08. The molecule has 10 heavy (non-hydrogen) atoms. The quantitative estimate of drug-likeness (QED) is 0.610. The van der Waals surface area contributed by atoms with Gasteiger partial charge in [0.1, 0.15) is 5.75 Å². The van der Waals surface area contributed by atoms with E-state index in [0.717, 1.165) is 5.75 Å². The molecular weight excluding hydrogens is 130 g/mol. The molecule has 0 atom stereocenters. The maximum Gasteiger partial charge on any atom is 0.119 e. The molecule has 3 nitrogen and oxygen atoms in total. The highest BCUT2D eigenvalue weighted by Crippen LogP contribution is 2.13. The Morgan fingerprint density at radius 1 is 1.30 bits per heavy atom. The summed E-state index contributed by atoms with van der Waals surface area (Å²) >= 11 is 0. The summed E-state index contributed by atoms with van der Waals surface area (Å²) in [4.78, 5) is 0. The van der Waals surface area contributed by atoms with Crippen molar-refractivity contribution in [2.75, 3.05) is 12.6 Å². The highest BCUT2D eigenvalue weighted by atomic mass is 16.5. The molecule has 0 bridgehead atoms. The van der Waals surface area contributed by atoms with Crippen molar-refractivity contribution in [3.63, 3.8) is 0 Å². The lowest BCUT2D eigenvalue weighted by atomic mass is 10.3. The molecule has 3 heteroatoms. The van der Waals surface area contributed by atoms with Crippen molar-refractivity contribution < 1.29 is 9.94 Å². The first kappa shape index (κ1) is 6.89. The van der Waals surface area contributed by atoms with Crippen LogP contribution in [0, 0.1) is 0 Å². The molecule has 0 aliphatic rings. The fourth-order valence-corrected chi connectivity index (χ4v) is 0.666. The van der Waals surface area contributed by atoms with Crippen molar-refractivity contribution >= 4 is 5.69 Å². The lowest BCUT2D eigenvalue weighted by Crippen LogP contribution is -1.88. The summed E-state index contributed by atoms with van der Waals surface area (Å²) in [6.45, 7) is 0. The van der Waals surface area contributed by atoms with Crippen LogP contribution in [-0.2, 0) is 0 Å². The van der Waals surface area contributed by atoms with Crippen LogP contribution in [-0.4, -0.2) is 12.3 Å². The van der Waals surface area contributed by atoms with E-state index in [4.69, 9.17) is 9.94 Å². The number of hydrogen-bond donors (Lipinski definition) is 2. The van der Waals surface area contributed by atoms with E-state index in [1.807, 2.05) is 5.48 Å². The van der Waals surface area contributed by atoms with Crippen LogP contribution >= 0.6 is 0 Å². The van der Waals surface area contributed by atoms with Crippen LogP contribution in [0.2, 0.25) is 0 Å². The van der Waals surface area contributed by atoms with Gasteiger partial charge >= 0.3 is 0 Å². The second-order valence-corrected chi connectivity index (χ2v) is 1.84. The van der Waals surface area contributed by atoms with Gasteiger partial charge in [-0.15, -0.1) is 0 Å². The Labute approximate surface area is 59.2 Å². The number of nitrogens with one attached hydrogen (secondary N) is 1. The molecule has 2 N–H and O–H groups in total. The molecule has 1 rings (SSSR count). The molecule has 0 spiro atoms. The average Bonchev–Trinajstić information content (AvgIpc) is 2.05. The van der Waals surface area contributed by atoms with E-state index in [1.54, 1.807) is 31.4 Å². The van der Waals surface area contributed by atoms with Gasteiger partial charge < -0.3 is 4.74 Å². The molecule has 1 aromatic carbocycles. The fraction of sp³-hybridized carbons (Fsp3) is 0.143. The van der Waals surface area contributed by atoms with Crippen LogP contribution < -0.4 is 10.2 Å². The Bertz CT molecular complexity index is 172. The maximum absolute atomic E-state index is 8.41. The van der Waals surface area contributed by atoms with Crippen LogP contribution in [0.1, 0.15) is 0 Å². The van der Waals surface area contributed by atoms with Gasteiger partial charge in [-0.25, -0.2) is 0 Å². The minimum absolute atomic E-state index is 0.654. The number of rotatable bonds is 2. The topological polar surface area (TPSA) is 41.5 Å².